The van der Waals surface area contributed by atoms with E-state index in [9.17, 15) is 37.8 Å². The molecule has 0 radical (unpaired) electrons. The molecule has 4 N–H and O–H groups in total. The summed E-state index contributed by atoms with van der Waals surface area (Å²) in [5.74, 6) is -2.32. The third kappa shape index (κ3) is 4.27. The summed E-state index contributed by atoms with van der Waals surface area (Å²) >= 11 is 0. The van der Waals surface area contributed by atoms with Gasteiger partial charge in [0.25, 0.3) is 21.5 Å². The second-order valence-corrected chi connectivity index (χ2v) is 8.05. The van der Waals surface area contributed by atoms with E-state index in [1.54, 1.807) is 4.72 Å². The largest absolute Gasteiger partial charge is 0.465 e. The van der Waals surface area contributed by atoms with Crippen LogP contribution in [-0.2, 0) is 24.3 Å². The minimum atomic E-state index is -4.61. The lowest BCUT2D eigenvalue weighted by Crippen LogP contribution is -2.45. The van der Waals surface area contributed by atoms with Crippen LogP contribution in [0.3, 0.4) is 0 Å². The van der Waals surface area contributed by atoms with E-state index in [2.05, 4.69) is 4.74 Å². The predicted octanol–water partition coefficient (Wildman–Crippen LogP) is -2.55. The number of aliphatic hydroxyl groups excluding tert-OH is 2. The van der Waals surface area contributed by atoms with Gasteiger partial charge in [0.05, 0.1) is 12.7 Å². The molecule has 3 rings (SSSR count). The number of sulfonamides is 1. The lowest BCUT2D eigenvalue weighted by Gasteiger charge is -2.16. The van der Waals surface area contributed by atoms with Crippen LogP contribution in [0.2, 0.25) is 0 Å². The molecule has 0 bridgehead atoms. The van der Waals surface area contributed by atoms with Crippen LogP contribution in [0.25, 0.3) is 0 Å². The molecule has 14 heteroatoms. The zero-order chi connectivity index (χ0) is 22.9. The molecule has 13 nitrogen and oxygen atoms in total. The highest BCUT2D eigenvalue weighted by molar-refractivity contribution is 7.90. The number of aromatic nitrogens is 2. The van der Waals surface area contributed by atoms with E-state index in [0.717, 1.165) is 30.0 Å². The molecule has 1 aromatic heterocycles. The Kier molecular flexibility index (Phi) is 6.08. The number of ether oxygens (including phenoxy) is 2. The van der Waals surface area contributed by atoms with Gasteiger partial charge in [-0.15, -0.1) is 0 Å². The van der Waals surface area contributed by atoms with E-state index in [1.807, 2.05) is 4.98 Å². The van der Waals surface area contributed by atoms with Gasteiger partial charge in [0.2, 0.25) is 0 Å². The summed E-state index contributed by atoms with van der Waals surface area (Å²) in [4.78, 5) is 48.8. The Morgan fingerprint density at radius 3 is 2.48 bits per heavy atom. The molecule has 4 atom stereocenters. The number of hydrogen-bond donors (Lipinski definition) is 4. The van der Waals surface area contributed by atoms with E-state index in [4.69, 9.17) is 4.74 Å². The molecule has 1 aromatic carbocycles. The quantitative estimate of drug-likeness (QED) is 0.349. The average Bonchev–Trinajstić information content (AvgIpc) is 3.02. The van der Waals surface area contributed by atoms with Gasteiger partial charge in [-0.3, -0.25) is 19.1 Å². The fourth-order valence-corrected chi connectivity index (χ4v) is 4.15. The Balaban J connectivity index is 1.86. The van der Waals surface area contributed by atoms with Gasteiger partial charge in [0.15, 0.2) is 12.3 Å². The Morgan fingerprint density at radius 1 is 1.16 bits per heavy atom. The maximum atomic E-state index is 12.6. The molecule has 1 fully saturated rings. The van der Waals surface area contributed by atoms with Crippen molar-refractivity contribution in [3.63, 3.8) is 0 Å². The fourth-order valence-electron chi connectivity index (χ4n) is 2.96. The van der Waals surface area contributed by atoms with E-state index in [-0.39, 0.29) is 5.56 Å². The molecule has 0 spiro atoms. The van der Waals surface area contributed by atoms with Crippen LogP contribution in [0, 0.1) is 0 Å². The number of benzene rings is 1. The number of aliphatic hydroxyl groups is 2. The molecule has 166 valence electrons. The lowest BCUT2D eigenvalue weighted by atomic mass is 10.1. The average molecular weight is 455 g/mol. The third-order valence-corrected chi connectivity index (χ3v) is 5.84. The molecule has 1 aliphatic heterocycles. The first-order valence-electron chi connectivity index (χ1n) is 8.64. The number of methoxy groups -OCH3 is 1. The monoisotopic (exact) mass is 455 g/mol. The van der Waals surface area contributed by atoms with Gasteiger partial charge in [-0.05, 0) is 12.1 Å². The second kappa shape index (κ2) is 8.43. The van der Waals surface area contributed by atoms with Gasteiger partial charge >= 0.3 is 11.7 Å². The molecule has 31 heavy (non-hydrogen) atoms. The second-order valence-electron chi connectivity index (χ2n) is 6.40. The molecular weight excluding hydrogens is 438 g/mol. The highest BCUT2D eigenvalue weighted by Crippen LogP contribution is 2.28. The van der Waals surface area contributed by atoms with Gasteiger partial charge < -0.3 is 19.7 Å². The van der Waals surface area contributed by atoms with Crippen LogP contribution >= 0.6 is 0 Å². The Labute approximate surface area is 173 Å². The zero-order valence-electron chi connectivity index (χ0n) is 15.8. The number of amides is 1. The fraction of sp³-hybridized carbons (Fsp3) is 0.294. The first kappa shape index (κ1) is 22.4. The van der Waals surface area contributed by atoms with Crippen LogP contribution in [-0.4, -0.2) is 65.5 Å². The van der Waals surface area contributed by atoms with Crippen molar-refractivity contribution in [2.24, 2.45) is 0 Å². The van der Waals surface area contributed by atoms with Crippen LogP contribution in [0.4, 0.5) is 0 Å². The van der Waals surface area contributed by atoms with Crippen LogP contribution in [0.1, 0.15) is 16.6 Å². The maximum absolute atomic E-state index is 12.6. The lowest BCUT2D eigenvalue weighted by molar-refractivity contribution is -0.135. The number of nitrogens with one attached hydrogen (secondary N) is 2. The van der Waals surface area contributed by atoms with Crippen molar-refractivity contribution in [1.29, 1.82) is 0 Å². The normalized spacial score (nSPS) is 23.3. The van der Waals surface area contributed by atoms with Gasteiger partial charge in [0.1, 0.15) is 17.1 Å². The number of carbonyl (C=O) groups excluding carboxylic acids is 2. The van der Waals surface area contributed by atoms with Gasteiger partial charge in [-0.1, -0.05) is 12.1 Å². The first-order chi connectivity index (χ1) is 14.6. The van der Waals surface area contributed by atoms with Gasteiger partial charge in [-0.25, -0.2) is 22.7 Å². The number of rotatable bonds is 5. The van der Waals surface area contributed by atoms with E-state index < -0.39 is 62.6 Å². The summed E-state index contributed by atoms with van der Waals surface area (Å²) in [7, 11) is -3.56. The molecule has 2 heterocycles. The number of H-pyrrole nitrogens is 1. The van der Waals surface area contributed by atoms with Gasteiger partial charge in [0, 0.05) is 12.3 Å². The smallest absolute Gasteiger partial charge is 0.339 e. The van der Waals surface area contributed by atoms with E-state index in [1.165, 1.54) is 18.2 Å². The minimum Gasteiger partial charge on any atom is -0.465 e. The van der Waals surface area contributed by atoms with Gasteiger partial charge in [-0.2, -0.15) is 0 Å². The Hall–Kier alpha value is -3.33. The molecule has 0 saturated carbocycles. The maximum Gasteiger partial charge on any atom is 0.339 e. The summed E-state index contributed by atoms with van der Waals surface area (Å²) in [5.41, 5.74) is -2.04. The Morgan fingerprint density at radius 2 is 1.84 bits per heavy atom. The van der Waals surface area contributed by atoms with Crippen molar-refractivity contribution >= 4 is 21.9 Å². The predicted molar refractivity (Wildman–Crippen MR) is 100 cm³/mol. The van der Waals surface area contributed by atoms with Crippen molar-refractivity contribution in [2.75, 3.05) is 7.11 Å². The molecule has 0 unspecified atom stereocenters. The van der Waals surface area contributed by atoms with Crippen molar-refractivity contribution in [2.45, 2.75) is 29.4 Å². The van der Waals surface area contributed by atoms with Crippen molar-refractivity contribution < 1.29 is 37.7 Å². The summed E-state index contributed by atoms with van der Waals surface area (Å²) in [6.07, 6.45) is -6.20. The Bertz CT molecular complexity index is 1230. The third-order valence-electron chi connectivity index (χ3n) is 4.44. The minimum absolute atomic E-state index is 0.337. The number of carbonyl (C=O) groups is 2. The molecule has 1 aliphatic rings. The SMILES string of the molecule is COC(=O)c1ccccc1S(=O)(=O)NC(=O)[C@H]1O[C@@H](n2ccc(=O)[nH]c2=O)[C@H](O)[C@@H]1O. The first-order valence-corrected chi connectivity index (χ1v) is 10.1. The van der Waals surface area contributed by atoms with Crippen LogP contribution in [0.15, 0.2) is 51.0 Å². The standard InChI is InChI=1S/C17H17N3O10S/c1-29-16(25)8-4-2-3-5-9(8)31(27,28)19-14(24)13-11(22)12(23)15(30-13)20-7-6-10(21)18-17(20)26/h2-7,11-13,15,22-23H,1H3,(H,19,24)(H,18,21,26)/t11-,12+,13-,15+/m0/s1. The van der Waals surface area contributed by atoms with Crippen molar-refractivity contribution in [1.82, 2.24) is 14.3 Å². The summed E-state index contributed by atoms with van der Waals surface area (Å²) in [6.45, 7) is 0. The summed E-state index contributed by atoms with van der Waals surface area (Å²) in [6, 6.07) is 5.89. The van der Waals surface area contributed by atoms with Crippen LogP contribution in [0.5, 0.6) is 0 Å². The van der Waals surface area contributed by atoms with Crippen molar-refractivity contribution in [3.05, 3.63) is 62.9 Å². The number of esters is 1. The molecule has 2 aromatic rings. The highest BCUT2D eigenvalue weighted by atomic mass is 32.2. The molecular formula is C17H17N3O10S. The molecule has 1 amide bonds. The number of aromatic amines is 1. The van der Waals surface area contributed by atoms with E-state index >= 15 is 0 Å². The van der Waals surface area contributed by atoms with Crippen molar-refractivity contribution in [3.8, 4) is 0 Å². The molecule has 0 aliphatic carbocycles. The van der Waals surface area contributed by atoms with Crippen LogP contribution < -0.4 is 16.0 Å². The topological polar surface area (TPSA) is 194 Å². The zero-order valence-corrected chi connectivity index (χ0v) is 16.6. The van der Waals surface area contributed by atoms with E-state index in [0.29, 0.717) is 0 Å². The molecule has 1 saturated heterocycles. The summed E-state index contributed by atoms with van der Waals surface area (Å²) in [5, 5.41) is 20.3. The number of hydrogen-bond acceptors (Lipinski definition) is 10. The highest BCUT2D eigenvalue weighted by Gasteiger charge is 2.48. The summed E-state index contributed by atoms with van der Waals surface area (Å²) < 4.78 is 37.4. The number of nitrogens with zero attached hydrogens (tertiary/aromatic N) is 1.